The van der Waals surface area contributed by atoms with Crippen LogP contribution in [0.15, 0.2) is 30.5 Å². The van der Waals surface area contributed by atoms with E-state index in [2.05, 4.69) is 34.4 Å². The van der Waals surface area contributed by atoms with Gasteiger partial charge in [-0.1, -0.05) is 13.8 Å². The molecule has 2 N–H and O–H groups in total. The number of nitrogens with zero attached hydrogens (tertiary/aromatic N) is 2. The summed E-state index contributed by atoms with van der Waals surface area (Å²) in [7, 11) is 1.66. The van der Waals surface area contributed by atoms with Crippen LogP contribution in [0.1, 0.15) is 26.7 Å². The number of hydrogen-bond acceptors (Lipinski definition) is 4. The molecule has 0 saturated carbocycles. The van der Waals surface area contributed by atoms with E-state index in [0.29, 0.717) is 5.11 Å². The predicted molar refractivity (Wildman–Crippen MR) is 117 cm³/mol. The molecule has 0 unspecified atom stereocenters. The predicted octanol–water partition coefficient (Wildman–Crippen LogP) is 3.90. The highest BCUT2D eigenvalue weighted by molar-refractivity contribution is 7.80. The molecule has 3 rings (SSSR count). The Morgan fingerprint density at radius 1 is 1.26 bits per heavy atom. The van der Waals surface area contributed by atoms with Gasteiger partial charge in [-0.3, -0.25) is 4.98 Å². The Hall–Kier alpha value is -1.92. The molecular formula is C21H30N4OS. The first-order chi connectivity index (χ1) is 13.1. The summed E-state index contributed by atoms with van der Waals surface area (Å²) in [6.45, 7) is 9.15. The molecule has 1 fully saturated rings. The monoisotopic (exact) mass is 386 g/mol. The summed E-state index contributed by atoms with van der Waals surface area (Å²) in [4.78, 5) is 7.01. The molecule has 5 nitrogen and oxygen atoms in total. The van der Waals surface area contributed by atoms with Crippen LogP contribution in [0.5, 0.6) is 5.75 Å². The van der Waals surface area contributed by atoms with Crippen LogP contribution in [-0.2, 0) is 0 Å². The lowest BCUT2D eigenvalue weighted by Crippen LogP contribution is -2.40. The van der Waals surface area contributed by atoms with Crippen LogP contribution in [0.2, 0.25) is 0 Å². The highest BCUT2D eigenvalue weighted by atomic mass is 32.1. The zero-order chi connectivity index (χ0) is 19.2. The molecule has 2 atom stereocenters. The Morgan fingerprint density at radius 2 is 2.04 bits per heavy atom. The van der Waals surface area contributed by atoms with Crippen molar-refractivity contribution in [2.24, 2.45) is 11.8 Å². The van der Waals surface area contributed by atoms with E-state index in [-0.39, 0.29) is 0 Å². The van der Waals surface area contributed by atoms with Crippen LogP contribution >= 0.6 is 12.2 Å². The molecule has 1 aliphatic heterocycles. The lowest BCUT2D eigenvalue weighted by molar-refractivity contribution is 0.140. The molecule has 2 heterocycles. The van der Waals surface area contributed by atoms with Crippen molar-refractivity contribution in [3.05, 3.63) is 30.5 Å². The summed E-state index contributed by atoms with van der Waals surface area (Å²) in [6.07, 6.45) is 4.22. The number of thiocarbonyl (C=S) groups is 1. The van der Waals surface area contributed by atoms with Crippen molar-refractivity contribution < 1.29 is 4.74 Å². The van der Waals surface area contributed by atoms with E-state index in [0.717, 1.165) is 53.7 Å². The number of piperidine rings is 1. The van der Waals surface area contributed by atoms with Gasteiger partial charge in [0.1, 0.15) is 11.3 Å². The number of rotatable bonds is 6. The average Bonchev–Trinajstić information content (AvgIpc) is 2.65. The highest BCUT2D eigenvalue weighted by Crippen LogP contribution is 2.29. The van der Waals surface area contributed by atoms with Gasteiger partial charge in [-0.25, -0.2) is 0 Å². The molecule has 27 heavy (non-hydrogen) atoms. The van der Waals surface area contributed by atoms with Crippen LogP contribution < -0.4 is 15.4 Å². The number of likely N-dealkylation sites (tertiary alicyclic amines) is 1. The van der Waals surface area contributed by atoms with E-state index in [1.165, 1.54) is 19.5 Å². The van der Waals surface area contributed by atoms with Gasteiger partial charge in [-0.05, 0) is 67.7 Å². The summed E-state index contributed by atoms with van der Waals surface area (Å²) in [6, 6.07) is 7.84. The second kappa shape index (κ2) is 9.33. The molecule has 1 aromatic carbocycles. The molecule has 2 aromatic rings. The largest absolute Gasteiger partial charge is 0.494 e. The number of fused-ring (bicyclic) bond motifs is 1. The van der Waals surface area contributed by atoms with E-state index in [1.807, 2.05) is 24.3 Å². The van der Waals surface area contributed by atoms with Gasteiger partial charge in [0.15, 0.2) is 5.11 Å². The first-order valence-electron chi connectivity index (χ1n) is 9.75. The van der Waals surface area contributed by atoms with Gasteiger partial charge in [-0.2, -0.15) is 0 Å². The van der Waals surface area contributed by atoms with Gasteiger partial charge in [0.05, 0.1) is 7.11 Å². The van der Waals surface area contributed by atoms with E-state index in [9.17, 15) is 0 Å². The summed E-state index contributed by atoms with van der Waals surface area (Å²) in [5.41, 5.74) is 1.77. The molecule has 1 aromatic heterocycles. The Morgan fingerprint density at radius 3 is 2.78 bits per heavy atom. The zero-order valence-corrected chi connectivity index (χ0v) is 17.3. The minimum Gasteiger partial charge on any atom is -0.494 e. The van der Waals surface area contributed by atoms with Gasteiger partial charge in [0, 0.05) is 36.9 Å². The molecule has 0 spiro atoms. The molecular weight excluding hydrogens is 356 g/mol. The maximum Gasteiger partial charge on any atom is 0.170 e. The topological polar surface area (TPSA) is 49.4 Å². The van der Waals surface area contributed by atoms with Crippen LogP contribution in [0, 0.1) is 11.8 Å². The standard InChI is InChI=1S/C21H30N4OS/c1-15-12-16(2)14-25(13-15)11-5-10-23-21(27)24-18-7-8-19(26-3)20-17(18)6-4-9-22-20/h4,6-9,15-16H,5,10-14H2,1-3H3,(H2,23,24,27)/t15-,16+. The van der Waals surface area contributed by atoms with Crippen molar-refractivity contribution in [3.8, 4) is 5.75 Å². The van der Waals surface area contributed by atoms with Gasteiger partial charge in [0.2, 0.25) is 0 Å². The van der Waals surface area contributed by atoms with Crippen LogP contribution in [0.25, 0.3) is 10.9 Å². The maximum absolute atomic E-state index is 5.48. The van der Waals surface area contributed by atoms with Gasteiger partial charge in [-0.15, -0.1) is 0 Å². The van der Waals surface area contributed by atoms with Crippen molar-refractivity contribution in [3.63, 3.8) is 0 Å². The number of pyridine rings is 1. The van der Waals surface area contributed by atoms with Gasteiger partial charge < -0.3 is 20.3 Å². The van der Waals surface area contributed by atoms with Gasteiger partial charge in [0.25, 0.3) is 0 Å². The lowest BCUT2D eigenvalue weighted by Gasteiger charge is -2.35. The van der Waals surface area contributed by atoms with Crippen molar-refractivity contribution >= 4 is 33.9 Å². The van der Waals surface area contributed by atoms with E-state index in [1.54, 1.807) is 13.3 Å². The first kappa shape index (κ1) is 19.8. The van der Waals surface area contributed by atoms with Crippen molar-refractivity contribution in [2.45, 2.75) is 26.7 Å². The smallest absolute Gasteiger partial charge is 0.170 e. The van der Waals surface area contributed by atoms with E-state index < -0.39 is 0 Å². The average molecular weight is 387 g/mol. The normalized spacial score (nSPS) is 20.4. The first-order valence-corrected chi connectivity index (χ1v) is 10.2. The van der Waals surface area contributed by atoms with Crippen LogP contribution in [0.3, 0.4) is 0 Å². The molecule has 1 saturated heterocycles. The fraction of sp³-hybridized carbons (Fsp3) is 0.524. The fourth-order valence-electron chi connectivity index (χ4n) is 4.07. The number of methoxy groups -OCH3 is 1. The number of benzene rings is 1. The third kappa shape index (κ3) is 5.30. The number of nitrogens with one attached hydrogen (secondary N) is 2. The van der Waals surface area contributed by atoms with Crippen LogP contribution in [-0.4, -0.2) is 48.3 Å². The lowest BCUT2D eigenvalue weighted by atomic mass is 9.92. The van der Waals surface area contributed by atoms with E-state index in [4.69, 9.17) is 17.0 Å². The second-order valence-corrected chi connectivity index (χ2v) is 8.06. The summed E-state index contributed by atoms with van der Waals surface area (Å²) < 4.78 is 5.40. The third-order valence-corrected chi connectivity index (χ3v) is 5.33. The number of aromatic nitrogens is 1. The maximum atomic E-state index is 5.48. The Balaban J connectivity index is 1.49. The van der Waals surface area contributed by atoms with Crippen molar-refractivity contribution in [2.75, 3.05) is 38.6 Å². The van der Waals surface area contributed by atoms with E-state index >= 15 is 0 Å². The Bertz CT molecular complexity index is 772. The molecule has 0 bridgehead atoms. The number of ether oxygens (including phenoxy) is 1. The highest BCUT2D eigenvalue weighted by Gasteiger charge is 2.21. The minimum absolute atomic E-state index is 0.644. The second-order valence-electron chi connectivity index (χ2n) is 7.66. The molecule has 146 valence electrons. The zero-order valence-electron chi connectivity index (χ0n) is 16.5. The SMILES string of the molecule is COc1ccc(NC(=S)NCCCN2C[C@H](C)C[C@H](C)C2)c2cccnc12. The third-order valence-electron chi connectivity index (χ3n) is 5.08. The fourth-order valence-corrected chi connectivity index (χ4v) is 4.28. The molecule has 6 heteroatoms. The van der Waals surface area contributed by atoms with Crippen molar-refractivity contribution in [1.82, 2.24) is 15.2 Å². The summed E-state index contributed by atoms with van der Waals surface area (Å²) in [5.74, 6) is 2.38. The molecule has 0 amide bonds. The summed E-state index contributed by atoms with van der Waals surface area (Å²) >= 11 is 5.48. The molecule has 0 aliphatic carbocycles. The summed E-state index contributed by atoms with van der Waals surface area (Å²) in [5, 5.41) is 8.27. The quantitative estimate of drug-likeness (QED) is 0.580. The van der Waals surface area contributed by atoms with Gasteiger partial charge >= 0.3 is 0 Å². The Kier molecular flexibility index (Phi) is 6.85. The molecule has 1 aliphatic rings. The van der Waals surface area contributed by atoms with Crippen molar-refractivity contribution in [1.29, 1.82) is 0 Å². The van der Waals surface area contributed by atoms with Crippen LogP contribution in [0.4, 0.5) is 5.69 Å². The Labute approximate surface area is 167 Å². The number of hydrogen-bond donors (Lipinski definition) is 2. The number of anilines is 1. The molecule has 0 radical (unpaired) electrons. The minimum atomic E-state index is 0.644.